The summed E-state index contributed by atoms with van der Waals surface area (Å²) in [7, 11) is 0. The standard InChI is InChI=1S/C8H6F4N/c9-8(10,11)7-4-2-1-3-6(7)5-13-12/h1-4H,5H2/q-1. The van der Waals surface area contributed by atoms with Gasteiger partial charge in [0, 0.05) is 0 Å². The average Bonchev–Trinajstić information content (AvgIpc) is 2.04. The van der Waals surface area contributed by atoms with Gasteiger partial charge in [0.25, 0.3) is 0 Å². The molecule has 5 heteroatoms. The molecule has 1 rings (SSSR count). The largest absolute Gasteiger partial charge is 0.488 e. The van der Waals surface area contributed by atoms with Gasteiger partial charge in [-0.15, -0.1) is 0 Å². The second-order valence-corrected chi connectivity index (χ2v) is 2.43. The summed E-state index contributed by atoms with van der Waals surface area (Å²) in [6.45, 7) is -0.560. The summed E-state index contributed by atoms with van der Waals surface area (Å²) >= 11 is 0. The number of nitrogens with zero attached hydrogens (tertiary/aromatic N) is 1. The van der Waals surface area contributed by atoms with Crippen LogP contribution in [0, 0.1) is 0 Å². The van der Waals surface area contributed by atoms with Gasteiger partial charge in [-0.25, -0.2) is 0 Å². The monoisotopic (exact) mass is 192 g/mol. The van der Waals surface area contributed by atoms with Crippen LogP contribution in [0.4, 0.5) is 17.7 Å². The molecule has 0 aliphatic carbocycles. The van der Waals surface area contributed by atoms with Gasteiger partial charge in [0.1, 0.15) is 0 Å². The molecule has 13 heavy (non-hydrogen) atoms. The molecule has 0 aliphatic heterocycles. The van der Waals surface area contributed by atoms with E-state index >= 15 is 0 Å². The molecule has 0 aromatic heterocycles. The highest BCUT2D eigenvalue weighted by Crippen LogP contribution is 2.32. The molecule has 0 spiro atoms. The lowest BCUT2D eigenvalue weighted by atomic mass is 10.1. The van der Waals surface area contributed by atoms with Crippen molar-refractivity contribution in [3.8, 4) is 0 Å². The van der Waals surface area contributed by atoms with E-state index in [1.807, 2.05) is 0 Å². The van der Waals surface area contributed by atoms with Crippen LogP contribution in [-0.4, -0.2) is 0 Å². The van der Waals surface area contributed by atoms with Gasteiger partial charge in [-0.2, -0.15) is 13.2 Å². The van der Waals surface area contributed by atoms with Crippen molar-refractivity contribution in [3.05, 3.63) is 40.9 Å². The summed E-state index contributed by atoms with van der Waals surface area (Å²) in [5.74, 6) is 0. The fraction of sp³-hybridized carbons (Fsp3) is 0.250. The molecule has 0 unspecified atom stereocenters. The Morgan fingerprint density at radius 2 is 1.77 bits per heavy atom. The van der Waals surface area contributed by atoms with E-state index in [0.717, 1.165) is 6.07 Å². The lowest BCUT2D eigenvalue weighted by Gasteiger charge is -2.15. The fourth-order valence-electron chi connectivity index (χ4n) is 0.999. The van der Waals surface area contributed by atoms with Gasteiger partial charge in [0.15, 0.2) is 0 Å². The predicted molar refractivity (Wildman–Crippen MR) is 39.6 cm³/mol. The SMILES string of the molecule is F[N-]Cc1ccccc1C(F)(F)F. The maximum atomic E-state index is 12.2. The zero-order valence-electron chi connectivity index (χ0n) is 6.48. The van der Waals surface area contributed by atoms with Gasteiger partial charge in [0.2, 0.25) is 0 Å². The maximum absolute atomic E-state index is 12.2. The molecule has 0 radical (unpaired) electrons. The molecule has 0 saturated heterocycles. The Bertz CT molecular complexity index is 282. The number of rotatable bonds is 2. The van der Waals surface area contributed by atoms with Crippen molar-refractivity contribution in [3.63, 3.8) is 0 Å². The van der Waals surface area contributed by atoms with E-state index in [1.165, 1.54) is 18.2 Å². The minimum Gasteiger partial charge on any atom is -0.488 e. The van der Waals surface area contributed by atoms with E-state index in [4.69, 9.17) is 0 Å². The van der Waals surface area contributed by atoms with Gasteiger partial charge in [0.05, 0.1) is 5.56 Å². The van der Waals surface area contributed by atoms with Crippen molar-refractivity contribution in [2.24, 2.45) is 0 Å². The van der Waals surface area contributed by atoms with E-state index in [2.05, 4.69) is 5.54 Å². The third-order valence-corrected chi connectivity index (χ3v) is 1.55. The van der Waals surface area contributed by atoms with Crippen LogP contribution in [0.15, 0.2) is 24.3 Å². The highest BCUT2D eigenvalue weighted by atomic mass is 19.4. The van der Waals surface area contributed by atoms with Gasteiger partial charge in [-0.1, -0.05) is 30.3 Å². The zero-order chi connectivity index (χ0) is 9.90. The predicted octanol–water partition coefficient (Wildman–Crippen LogP) is 3.46. The number of hydrogen-bond donors (Lipinski definition) is 0. The first-order valence-electron chi connectivity index (χ1n) is 3.48. The van der Waals surface area contributed by atoms with Crippen molar-refractivity contribution in [2.45, 2.75) is 12.7 Å². The molecule has 1 aromatic carbocycles. The summed E-state index contributed by atoms with van der Waals surface area (Å²) in [6.07, 6.45) is -4.44. The number of hydrogen-bond acceptors (Lipinski definition) is 0. The maximum Gasteiger partial charge on any atom is 0.416 e. The molecule has 1 nitrogen and oxygen atoms in total. The normalized spacial score (nSPS) is 11.7. The van der Waals surface area contributed by atoms with Crippen molar-refractivity contribution >= 4 is 0 Å². The topological polar surface area (TPSA) is 14.1 Å². The van der Waals surface area contributed by atoms with Crippen molar-refractivity contribution in [1.82, 2.24) is 0 Å². The lowest BCUT2D eigenvalue weighted by Crippen LogP contribution is -2.08. The summed E-state index contributed by atoms with van der Waals surface area (Å²) in [5, 5.41) is 0. The summed E-state index contributed by atoms with van der Waals surface area (Å²) < 4.78 is 48.1. The lowest BCUT2D eigenvalue weighted by molar-refractivity contribution is -0.138. The van der Waals surface area contributed by atoms with Crippen LogP contribution in [0.1, 0.15) is 11.1 Å². The first-order valence-corrected chi connectivity index (χ1v) is 3.48. The Labute approximate surface area is 72.3 Å². The molecule has 0 saturated carbocycles. The molecule has 0 fully saturated rings. The van der Waals surface area contributed by atoms with Crippen molar-refractivity contribution < 1.29 is 17.7 Å². The Kier molecular flexibility index (Phi) is 2.87. The van der Waals surface area contributed by atoms with Crippen LogP contribution >= 0.6 is 0 Å². The van der Waals surface area contributed by atoms with Crippen LogP contribution in [0.3, 0.4) is 0 Å². The Balaban J connectivity index is 3.05. The minimum absolute atomic E-state index is 0.155. The Hall–Kier alpha value is -1.10. The highest BCUT2D eigenvalue weighted by molar-refractivity contribution is 5.30. The van der Waals surface area contributed by atoms with Crippen LogP contribution in [0.5, 0.6) is 0 Å². The minimum atomic E-state index is -4.44. The molecule has 0 amide bonds. The summed E-state index contributed by atoms with van der Waals surface area (Å²) in [6, 6.07) is 4.77. The van der Waals surface area contributed by atoms with E-state index < -0.39 is 18.3 Å². The van der Waals surface area contributed by atoms with Crippen LogP contribution < -0.4 is 0 Å². The highest BCUT2D eigenvalue weighted by Gasteiger charge is 2.31. The third kappa shape index (κ3) is 2.42. The molecule has 0 N–H and O–H groups in total. The molecular weight excluding hydrogens is 186 g/mol. The van der Waals surface area contributed by atoms with E-state index in [-0.39, 0.29) is 5.56 Å². The van der Waals surface area contributed by atoms with Gasteiger partial charge < -0.3 is 10.0 Å². The Morgan fingerprint density at radius 1 is 1.15 bits per heavy atom. The molecular formula is C8H6F4N-. The summed E-state index contributed by atoms with van der Waals surface area (Å²) in [5.41, 5.74) is 1.19. The van der Waals surface area contributed by atoms with Gasteiger partial charge >= 0.3 is 6.18 Å². The molecule has 72 valence electrons. The van der Waals surface area contributed by atoms with Gasteiger partial charge in [-0.05, 0) is 6.07 Å². The average molecular weight is 192 g/mol. The van der Waals surface area contributed by atoms with Crippen LogP contribution in [0.2, 0.25) is 0 Å². The summed E-state index contributed by atoms with van der Waals surface area (Å²) in [4.78, 5) is 0. The van der Waals surface area contributed by atoms with Crippen LogP contribution in [-0.2, 0) is 12.7 Å². The second-order valence-electron chi connectivity index (χ2n) is 2.43. The molecule has 0 aliphatic rings. The smallest absolute Gasteiger partial charge is 0.416 e. The number of halogens is 4. The van der Waals surface area contributed by atoms with E-state index in [9.17, 15) is 17.7 Å². The first-order chi connectivity index (χ1) is 6.05. The van der Waals surface area contributed by atoms with E-state index in [0.29, 0.717) is 0 Å². The second kappa shape index (κ2) is 3.74. The van der Waals surface area contributed by atoms with Crippen molar-refractivity contribution in [1.29, 1.82) is 0 Å². The van der Waals surface area contributed by atoms with Crippen LogP contribution in [0.25, 0.3) is 5.54 Å². The third-order valence-electron chi connectivity index (χ3n) is 1.55. The number of benzene rings is 1. The molecule has 1 aromatic rings. The van der Waals surface area contributed by atoms with E-state index in [1.54, 1.807) is 0 Å². The van der Waals surface area contributed by atoms with Gasteiger partial charge in [-0.3, -0.25) is 0 Å². The number of alkyl halides is 3. The van der Waals surface area contributed by atoms with Crippen molar-refractivity contribution in [2.75, 3.05) is 0 Å². The fourth-order valence-corrected chi connectivity index (χ4v) is 0.999. The molecule has 0 heterocycles. The quantitative estimate of drug-likeness (QED) is 0.637. The Morgan fingerprint density at radius 3 is 2.31 bits per heavy atom. The first kappa shape index (κ1) is 9.98. The zero-order valence-corrected chi connectivity index (χ0v) is 6.48. The molecule has 0 atom stereocenters. The molecule has 0 bridgehead atoms.